The first-order valence-electron chi connectivity index (χ1n) is 8.53. The molecule has 1 aromatic heterocycles. The van der Waals surface area contributed by atoms with Crippen molar-refractivity contribution in [3.63, 3.8) is 0 Å². The van der Waals surface area contributed by atoms with Crippen LogP contribution in [0.1, 0.15) is 23.2 Å². The van der Waals surface area contributed by atoms with Crippen molar-refractivity contribution >= 4 is 46.0 Å². The summed E-state index contributed by atoms with van der Waals surface area (Å²) in [7, 11) is 0. The van der Waals surface area contributed by atoms with Crippen molar-refractivity contribution in [2.75, 3.05) is 12.0 Å². The Kier molecular flexibility index (Phi) is 4.76. The number of nitrogens with zero attached hydrogens (tertiary/aromatic N) is 3. The van der Waals surface area contributed by atoms with Gasteiger partial charge in [-0.2, -0.15) is 0 Å². The molecule has 1 aliphatic heterocycles. The van der Waals surface area contributed by atoms with Crippen molar-refractivity contribution in [3.8, 4) is 0 Å². The monoisotopic (exact) mass is 402 g/mol. The molecule has 3 aromatic rings. The van der Waals surface area contributed by atoms with Gasteiger partial charge in [0.1, 0.15) is 12.4 Å². The van der Waals surface area contributed by atoms with E-state index in [2.05, 4.69) is 10.4 Å². The Bertz CT molecular complexity index is 1030. The topological polar surface area (TPSA) is 67.2 Å². The molecule has 0 saturated carbocycles. The smallest absolute Gasteiger partial charge is 0.261 e. The number of likely N-dealkylation sites (tertiary alicyclic amines) is 1. The van der Waals surface area contributed by atoms with E-state index >= 15 is 0 Å². The molecule has 0 bridgehead atoms. The highest BCUT2D eigenvalue weighted by Crippen LogP contribution is 2.26. The maximum Gasteiger partial charge on any atom is 0.261 e. The van der Waals surface area contributed by atoms with E-state index in [0.717, 1.165) is 17.5 Å². The van der Waals surface area contributed by atoms with Gasteiger partial charge in [-0.25, -0.2) is 9.66 Å². The van der Waals surface area contributed by atoms with E-state index < -0.39 is 6.04 Å². The molecule has 1 aliphatic rings. The molecule has 6 nitrogen and oxygen atoms in total. The summed E-state index contributed by atoms with van der Waals surface area (Å²) < 4.78 is 1.57. The lowest BCUT2D eigenvalue weighted by molar-refractivity contribution is -0.120. The van der Waals surface area contributed by atoms with Crippen molar-refractivity contribution in [1.82, 2.24) is 14.6 Å². The number of carbonyl (C=O) groups is 2. The third-order valence-corrected chi connectivity index (χ3v) is 5.22. The summed E-state index contributed by atoms with van der Waals surface area (Å²) >= 11 is 12.2. The highest BCUT2D eigenvalue weighted by Gasteiger charge is 2.35. The fraction of sp³-hybridized carbons (Fsp3) is 0.211. The average molecular weight is 403 g/mol. The van der Waals surface area contributed by atoms with Gasteiger partial charge >= 0.3 is 0 Å². The molecule has 0 aliphatic carbocycles. The number of hydrogen-bond donors (Lipinski definition) is 1. The van der Waals surface area contributed by atoms with Crippen molar-refractivity contribution < 1.29 is 9.59 Å². The average Bonchev–Trinajstić information content (AvgIpc) is 3.31. The van der Waals surface area contributed by atoms with Crippen LogP contribution in [0.25, 0.3) is 11.0 Å². The van der Waals surface area contributed by atoms with Crippen LogP contribution < -0.4 is 5.43 Å². The maximum atomic E-state index is 12.9. The van der Waals surface area contributed by atoms with Gasteiger partial charge in [0.15, 0.2) is 0 Å². The number of halogens is 2. The molecule has 4 rings (SSSR count). The second-order valence-electron chi connectivity index (χ2n) is 6.36. The van der Waals surface area contributed by atoms with Gasteiger partial charge in [0.2, 0.25) is 0 Å². The molecular formula is C19H16Cl2N4O2. The highest BCUT2D eigenvalue weighted by molar-refractivity contribution is 6.35. The van der Waals surface area contributed by atoms with Crippen LogP contribution in [0, 0.1) is 0 Å². The Morgan fingerprint density at radius 1 is 1.15 bits per heavy atom. The normalized spacial score (nSPS) is 16.7. The zero-order chi connectivity index (χ0) is 19.0. The first-order valence-corrected chi connectivity index (χ1v) is 9.29. The molecule has 1 N–H and O–H groups in total. The van der Waals surface area contributed by atoms with Crippen LogP contribution in [0.4, 0.5) is 0 Å². The molecule has 138 valence electrons. The number of aromatic nitrogens is 2. The predicted octanol–water partition coefficient (Wildman–Crippen LogP) is 3.72. The van der Waals surface area contributed by atoms with Gasteiger partial charge in [0, 0.05) is 11.6 Å². The number of para-hydroxylation sites is 2. The summed E-state index contributed by atoms with van der Waals surface area (Å²) in [5, 5.41) is 0.740. The summed E-state index contributed by atoms with van der Waals surface area (Å²) in [5.74, 6) is -0.558. The number of hydrogen-bond acceptors (Lipinski definition) is 3. The van der Waals surface area contributed by atoms with E-state index in [1.54, 1.807) is 28.0 Å². The molecule has 1 unspecified atom stereocenters. The fourth-order valence-corrected chi connectivity index (χ4v) is 3.71. The Morgan fingerprint density at radius 2 is 1.96 bits per heavy atom. The quantitative estimate of drug-likeness (QED) is 0.725. The minimum atomic E-state index is -0.575. The molecule has 1 fully saturated rings. The SMILES string of the molecule is O=C(Nn1cnc2ccccc21)C1CCCN1C(=O)c1cc(Cl)ccc1Cl. The lowest BCUT2D eigenvalue weighted by Crippen LogP contribution is -2.45. The Hall–Kier alpha value is -2.57. The lowest BCUT2D eigenvalue weighted by atomic mass is 10.1. The van der Waals surface area contributed by atoms with E-state index in [1.807, 2.05) is 24.3 Å². The minimum Gasteiger partial charge on any atom is -0.327 e. The zero-order valence-electron chi connectivity index (χ0n) is 14.2. The molecular weight excluding hydrogens is 387 g/mol. The van der Waals surface area contributed by atoms with E-state index in [1.165, 1.54) is 6.07 Å². The Balaban J connectivity index is 1.56. The number of carbonyl (C=O) groups excluding carboxylic acids is 2. The highest BCUT2D eigenvalue weighted by atomic mass is 35.5. The van der Waals surface area contributed by atoms with E-state index in [-0.39, 0.29) is 11.8 Å². The van der Waals surface area contributed by atoms with Crippen molar-refractivity contribution in [2.24, 2.45) is 0 Å². The number of nitrogens with one attached hydrogen (secondary N) is 1. The number of amides is 2. The summed E-state index contributed by atoms with van der Waals surface area (Å²) in [4.78, 5) is 31.6. The second kappa shape index (κ2) is 7.21. The van der Waals surface area contributed by atoms with E-state index in [0.29, 0.717) is 28.6 Å². The molecule has 8 heteroatoms. The third-order valence-electron chi connectivity index (χ3n) is 4.66. The summed E-state index contributed by atoms with van der Waals surface area (Å²) in [6.07, 6.45) is 2.88. The van der Waals surface area contributed by atoms with Crippen LogP contribution in [0.2, 0.25) is 10.0 Å². The summed E-state index contributed by atoms with van der Waals surface area (Å²) in [5.41, 5.74) is 4.71. The summed E-state index contributed by atoms with van der Waals surface area (Å²) in [6, 6.07) is 11.7. The van der Waals surface area contributed by atoms with Crippen LogP contribution in [0.3, 0.4) is 0 Å². The van der Waals surface area contributed by atoms with Gasteiger partial charge in [0.05, 0.1) is 21.6 Å². The number of rotatable bonds is 3. The lowest BCUT2D eigenvalue weighted by Gasteiger charge is -2.24. The molecule has 1 atom stereocenters. The van der Waals surface area contributed by atoms with E-state index in [9.17, 15) is 9.59 Å². The van der Waals surface area contributed by atoms with Gasteiger partial charge in [-0.05, 0) is 43.2 Å². The largest absolute Gasteiger partial charge is 0.327 e. The Morgan fingerprint density at radius 3 is 2.81 bits per heavy atom. The number of benzene rings is 2. The van der Waals surface area contributed by atoms with Crippen molar-refractivity contribution in [1.29, 1.82) is 0 Å². The van der Waals surface area contributed by atoms with Crippen molar-refractivity contribution in [2.45, 2.75) is 18.9 Å². The summed E-state index contributed by atoms with van der Waals surface area (Å²) in [6.45, 7) is 0.491. The first kappa shape index (κ1) is 17.8. The van der Waals surface area contributed by atoms with Gasteiger partial charge < -0.3 is 4.90 Å². The fourth-order valence-electron chi connectivity index (χ4n) is 3.34. The first-order chi connectivity index (χ1) is 13.0. The predicted molar refractivity (Wildman–Crippen MR) is 105 cm³/mol. The molecule has 2 aromatic carbocycles. The minimum absolute atomic E-state index is 0.262. The van der Waals surface area contributed by atoms with Gasteiger partial charge in [-0.15, -0.1) is 0 Å². The van der Waals surface area contributed by atoms with Gasteiger partial charge in [-0.3, -0.25) is 15.0 Å². The van der Waals surface area contributed by atoms with Gasteiger partial charge in [-0.1, -0.05) is 35.3 Å². The van der Waals surface area contributed by atoms with Crippen LogP contribution in [-0.4, -0.2) is 39.0 Å². The number of fused-ring (bicyclic) bond motifs is 1. The molecule has 2 amide bonds. The Labute approximate surface area is 165 Å². The molecule has 2 heterocycles. The maximum absolute atomic E-state index is 12.9. The van der Waals surface area contributed by atoms with Crippen LogP contribution in [0.5, 0.6) is 0 Å². The molecule has 0 radical (unpaired) electrons. The molecule has 0 spiro atoms. The third kappa shape index (κ3) is 3.38. The van der Waals surface area contributed by atoms with Crippen LogP contribution in [0.15, 0.2) is 48.8 Å². The second-order valence-corrected chi connectivity index (χ2v) is 7.20. The zero-order valence-corrected chi connectivity index (χ0v) is 15.7. The molecule has 1 saturated heterocycles. The van der Waals surface area contributed by atoms with Gasteiger partial charge in [0.25, 0.3) is 11.8 Å². The van der Waals surface area contributed by atoms with Crippen LogP contribution in [-0.2, 0) is 4.79 Å². The molecule has 27 heavy (non-hydrogen) atoms. The van der Waals surface area contributed by atoms with E-state index in [4.69, 9.17) is 23.2 Å². The standard InChI is InChI=1S/C19H16Cl2N4O2/c20-12-7-8-14(21)13(10-12)19(27)24-9-3-6-17(24)18(26)23-25-11-22-15-4-1-2-5-16(15)25/h1-2,4-5,7-8,10-11,17H,3,6,9H2,(H,23,26). The van der Waals surface area contributed by atoms with Crippen molar-refractivity contribution in [3.05, 3.63) is 64.4 Å². The van der Waals surface area contributed by atoms with Crippen LogP contribution >= 0.6 is 23.2 Å². The number of imidazole rings is 1.